The number of rotatable bonds is 0. The molecule has 1 aromatic carbocycles. The fourth-order valence-electron chi connectivity index (χ4n) is 3.80. The summed E-state index contributed by atoms with van der Waals surface area (Å²) in [7, 11) is 0. The molecule has 2 heterocycles. The second kappa shape index (κ2) is 6.21. The first-order valence-corrected chi connectivity index (χ1v) is 9.19. The van der Waals surface area contributed by atoms with Crippen molar-refractivity contribution in [1.29, 1.82) is 0 Å². The van der Waals surface area contributed by atoms with Crippen LogP contribution < -0.4 is 5.32 Å². The second-order valence-corrected chi connectivity index (χ2v) is 7.47. The predicted octanol–water partition coefficient (Wildman–Crippen LogP) is 4.44. The number of halogens is 1. The zero-order valence-corrected chi connectivity index (χ0v) is 15.0. The summed E-state index contributed by atoms with van der Waals surface area (Å²) in [6.45, 7) is 4.34. The number of nitrogens with one attached hydrogen (secondary N) is 1. The third-order valence-electron chi connectivity index (χ3n) is 4.92. The van der Waals surface area contributed by atoms with E-state index in [1.807, 2.05) is 6.20 Å². The van der Waals surface area contributed by atoms with Crippen molar-refractivity contribution in [3.05, 3.63) is 68.5 Å². The van der Waals surface area contributed by atoms with Crippen LogP contribution in [0.1, 0.15) is 40.8 Å². The molecule has 1 aliphatic carbocycles. The maximum Gasteiger partial charge on any atom is 0.0740 e. The van der Waals surface area contributed by atoms with E-state index in [1.54, 1.807) is 5.57 Å². The summed E-state index contributed by atoms with van der Waals surface area (Å²) in [5.74, 6) is 0. The first-order chi connectivity index (χ1) is 11.2. The van der Waals surface area contributed by atoms with E-state index in [1.165, 1.54) is 33.5 Å². The van der Waals surface area contributed by atoms with Gasteiger partial charge in [0.25, 0.3) is 0 Å². The highest BCUT2D eigenvalue weighted by molar-refractivity contribution is 9.10. The zero-order valence-electron chi connectivity index (χ0n) is 13.5. The fourth-order valence-corrected chi connectivity index (χ4v) is 4.18. The monoisotopic (exact) mass is 368 g/mol. The molecule has 2 nitrogen and oxygen atoms in total. The third-order valence-corrected chi connectivity index (χ3v) is 5.36. The largest absolute Gasteiger partial charge is 0.316 e. The summed E-state index contributed by atoms with van der Waals surface area (Å²) in [6, 6.07) is 9.17. The quantitative estimate of drug-likeness (QED) is 0.743. The van der Waals surface area contributed by atoms with E-state index in [4.69, 9.17) is 4.98 Å². The molecule has 0 bridgehead atoms. The minimum Gasteiger partial charge on any atom is -0.316 e. The number of hydrogen-bond donors (Lipinski definition) is 1. The van der Waals surface area contributed by atoms with Gasteiger partial charge in [0.2, 0.25) is 0 Å². The van der Waals surface area contributed by atoms with Crippen LogP contribution in [-0.4, -0.2) is 18.1 Å². The van der Waals surface area contributed by atoms with Crippen molar-refractivity contribution < 1.29 is 0 Å². The van der Waals surface area contributed by atoms with Crippen molar-refractivity contribution >= 4 is 21.5 Å². The van der Waals surface area contributed by atoms with Gasteiger partial charge >= 0.3 is 0 Å². The van der Waals surface area contributed by atoms with E-state index in [2.05, 4.69) is 52.4 Å². The van der Waals surface area contributed by atoms with Crippen molar-refractivity contribution in [2.45, 2.75) is 32.6 Å². The van der Waals surface area contributed by atoms with Crippen LogP contribution in [0, 0.1) is 6.92 Å². The average molecular weight is 369 g/mol. The Morgan fingerprint density at radius 2 is 1.78 bits per heavy atom. The van der Waals surface area contributed by atoms with Crippen LogP contribution >= 0.6 is 15.9 Å². The number of fused-ring (bicyclic) bond motifs is 2. The van der Waals surface area contributed by atoms with Gasteiger partial charge in [-0.3, -0.25) is 4.98 Å². The minimum absolute atomic E-state index is 1.06. The van der Waals surface area contributed by atoms with E-state index < -0.39 is 0 Å². The molecular formula is C20H21BrN2. The Bertz CT molecular complexity index is 729. The smallest absolute Gasteiger partial charge is 0.0740 e. The lowest BCUT2D eigenvalue weighted by Crippen LogP contribution is -2.24. The maximum absolute atomic E-state index is 4.83. The summed E-state index contributed by atoms with van der Waals surface area (Å²) in [5.41, 5.74) is 9.76. The standard InChI is InChI=1S/C20H21BrN2/c1-13-2-5-18-15(10-13)3-4-16-11-17(21)12-23-20(16)19(18)14-6-8-22-9-7-14/h2,5,10-12,22H,3-4,6-9H2,1H3. The highest BCUT2D eigenvalue weighted by Gasteiger charge is 2.23. The Morgan fingerprint density at radius 1 is 1.00 bits per heavy atom. The molecule has 118 valence electrons. The van der Waals surface area contributed by atoms with Crippen molar-refractivity contribution in [3.8, 4) is 0 Å². The highest BCUT2D eigenvalue weighted by atomic mass is 79.9. The number of pyridine rings is 1. The van der Waals surface area contributed by atoms with E-state index in [0.29, 0.717) is 0 Å². The third kappa shape index (κ3) is 2.88. The molecule has 0 spiro atoms. The van der Waals surface area contributed by atoms with E-state index >= 15 is 0 Å². The first-order valence-electron chi connectivity index (χ1n) is 8.40. The van der Waals surface area contributed by atoms with Crippen LogP contribution in [-0.2, 0) is 12.8 Å². The van der Waals surface area contributed by atoms with Crippen LogP contribution in [0.4, 0.5) is 0 Å². The number of aromatic nitrogens is 1. The Hall–Kier alpha value is -1.45. The molecule has 0 atom stereocenters. The second-order valence-electron chi connectivity index (χ2n) is 6.55. The van der Waals surface area contributed by atoms with E-state index in [9.17, 15) is 0 Å². The van der Waals surface area contributed by atoms with Crippen molar-refractivity contribution in [2.24, 2.45) is 0 Å². The number of hydrogen-bond acceptors (Lipinski definition) is 2. The molecule has 2 aliphatic rings. The molecule has 23 heavy (non-hydrogen) atoms. The molecule has 4 rings (SSSR count). The number of piperidine rings is 1. The highest BCUT2D eigenvalue weighted by Crippen LogP contribution is 2.37. The summed E-state index contributed by atoms with van der Waals surface area (Å²) in [4.78, 5) is 4.83. The average Bonchev–Trinajstić information content (AvgIpc) is 2.72. The van der Waals surface area contributed by atoms with Gasteiger partial charge in [0, 0.05) is 16.2 Å². The molecule has 0 unspecified atom stereocenters. The number of aryl methyl sites for hydroxylation is 3. The topological polar surface area (TPSA) is 24.9 Å². The molecule has 0 saturated carbocycles. The molecule has 0 radical (unpaired) electrons. The van der Waals surface area contributed by atoms with Gasteiger partial charge in [0.1, 0.15) is 0 Å². The lowest BCUT2D eigenvalue weighted by atomic mass is 9.88. The van der Waals surface area contributed by atoms with Crippen LogP contribution in [0.15, 0.2) is 40.5 Å². The maximum atomic E-state index is 4.83. The Kier molecular flexibility index (Phi) is 4.08. The lowest BCUT2D eigenvalue weighted by molar-refractivity contribution is 0.611. The van der Waals surface area contributed by atoms with Gasteiger partial charge in [-0.2, -0.15) is 0 Å². The summed E-state index contributed by atoms with van der Waals surface area (Å²) in [6.07, 6.45) is 6.35. The van der Waals surface area contributed by atoms with Crippen molar-refractivity contribution in [1.82, 2.24) is 10.3 Å². The Morgan fingerprint density at radius 3 is 2.61 bits per heavy atom. The van der Waals surface area contributed by atoms with Crippen LogP contribution in [0.3, 0.4) is 0 Å². The fraction of sp³-hybridized carbons (Fsp3) is 0.350. The molecular weight excluding hydrogens is 348 g/mol. The molecule has 1 fully saturated rings. The van der Waals surface area contributed by atoms with Gasteiger partial charge in [0.15, 0.2) is 0 Å². The van der Waals surface area contributed by atoms with Crippen LogP contribution in [0.2, 0.25) is 0 Å². The molecule has 1 N–H and O–H groups in total. The zero-order chi connectivity index (χ0) is 15.8. The first kappa shape index (κ1) is 15.1. The predicted molar refractivity (Wildman–Crippen MR) is 98.6 cm³/mol. The van der Waals surface area contributed by atoms with Gasteiger partial charge in [-0.05, 0) is 84.4 Å². The van der Waals surface area contributed by atoms with Gasteiger partial charge in [0.05, 0.1) is 5.69 Å². The summed E-state index contributed by atoms with van der Waals surface area (Å²) in [5, 5.41) is 3.47. The molecule has 1 aromatic heterocycles. The van der Waals surface area contributed by atoms with Crippen molar-refractivity contribution in [2.75, 3.05) is 13.1 Å². The van der Waals surface area contributed by atoms with Crippen LogP contribution in [0.5, 0.6) is 0 Å². The van der Waals surface area contributed by atoms with Gasteiger partial charge in [-0.1, -0.05) is 29.3 Å². The number of benzene rings is 1. The Balaban J connectivity index is 1.98. The molecule has 0 amide bonds. The lowest BCUT2D eigenvalue weighted by Gasteiger charge is -2.22. The number of nitrogens with zero attached hydrogens (tertiary/aromatic N) is 1. The molecule has 3 heteroatoms. The summed E-state index contributed by atoms with van der Waals surface area (Å²) < 4.78 is 1.08. The molecule has 2 aromatic rings. The Labute approximate surface area is 146 Å². The van der Waals surface area contributed by atoms with E-state index in [-0.39, 0.29) is 0 Å². The van der Waals surface area contributed by atoms with Gasteiger partial charge in [-0.25, -0.2) is 0 Å². The minimum atomic E-state index is 1.06. The van der Waals surface area contributed by atoms with Crippen LogP contribution in [0.25, 0.3) is 5.57 Å². The SMILES string of the molecule is Cc1ccc2c(c1)CCc1cc(Br)cnc1C2=C1CCNCC1. The molecule has 1 aliphatic heterocycles. The van der Waals surface area contributed by atoms with Gasteiger partial charge in [-0.15, -0.1) is 0 Å². The summed E-state index contributed by atoms with van der Waals surface area (Å²) >= 11 is 3.59. The van der Waals surface area contributed by atoms with Gasteiger partial charge < -0.3 is 5.32 Å². The normalized spacial score (nSPS) is 17.5. The molecule has 1 saturated heterocycles. The van der Waals surface area contributed by atoms with E-state index in [0.717, 1.165) is 43.2 Å². The van der Waals surface area contributed by atoms with Crippen molar-refractivity contribution in [3.63, 3.8) is 0 Å².